The third-order valence-electron chi connectivity index (χ3n) is 4.01. The standard InChI is InChI=1S/C16H14F3N5O4S/c1-6-7(14(26)22-15(27)20-6)4-11-23-24-16(28-11)29-5-10(25)21-9-3-2-8(17)12(18)13(9)19/h2-3,6-7H,4-5H2,1H3,(H,21,25)(H2,20,22,26,27). The van der Waals surface area contributed by atoms with Crippen LogP contribution in [0.1, 0.15) is 12.8 Å². The highest BCUT2D eigenvalue weighted by Crippen LogP contribution is 2.22. The molecule has 0 saturated carbocycles. The Morgan fingerprint density at radius 3 is 2.72 bits per heavy atom. The molecule has 1 aromatic heterocycles. The molecule has 1 fully saturated rings. The van der Waals surface area contributed by atoms with Crippen molar-refractivity contribution in [3.63, 3.8) is 0 Å². The molecule has 2 atom stereocenters. The summed E-state index contributed by atoms with van der Waals surface area (Å²) < 4.78 is 45.0. The fourth-order valence-electron chi connectivity index (χ4n) is 2.55. The molecule has 154 valence electrons. The third-order valence-corrected chi connectivity index (χ3v) is 4.83. The van der Waals surface area contributed by atoms with Crippen LogP contribution in [0, 0.1) is 23.4 Å². The number of anilines is 1. The first-order valence-electron chi connectivity index (χ1n) is 8.24. The van der Waals surface area contributed by atoms with Crippen LogP contribution in [0.25, 0.3) is 0 Å². The molecule has 9 nitrogen and oxygen atoms in total. The molecule has 13 heteroatoms. The van der Waals surface area contributed by atoms with Crippen molar-refractivity contribution in [2.45, 2.75) is 24.6 Å². The van der Waals surface area contributed by atoms with Crippen molar-refractivity contribution >= 4 is 35.3 Å². The normalized spacial score (nSPS) is 18.9. The second kappa shape index (κ2) is 8.51. The zero-order valence-corrected chi connectivity index (χ0v) is 15.6. The van der Waals surface area contributed by atoms with Crippen molar-refractivity contribution in [1.29, 1.82) is 0 Å². The van der Waals surface area contributed by atoms with Crippen LogP contribution >= 0.6 is 11.8 Å². The van der Waals surface area contributed by atoms with Gasteiger partial charge in [-0.2, -0.15) is 0 Å². The van der Waals surface area contributed by atoms with Gasteiger partial charge in [-0.15, -0.1) is 10.2 Å². The molecule has 3 N–H and O–H groups in total. The maximum atomic E-state index is 13.6. The lowest BCUT2D eigenvalue weighted by Gasteiger charge is -2.27. The maximum absolute atomic E-state index is 13.6. The summed E-state index contributed by atoms with van der Waals surface area (Å²) in [5, 5.41) is 14.4. The zero-order chi connectivity index (χ0) is 21.1. The van der Waals surface area contributed by atoms with E-state index in [4.69, 9.17) is 4.42 Å². The Morgan fingerprint density at radius 2 is 2.00 bits per heavy atom. The molecule has 2 aromatic rings. The lowest BCUT2D eigenvalue weighted by atomic mass is 9.95. The summed E-state index contributed by atoms with van der Waals surface area (Å²) in [6.45, 7) is 1.66. The first-order chi connectivity index (χ1) is 13.7. The van der Waals surface area contributed by atoms with Gasteiger partial charge in [-0.1, -0.05) is 11.8 Å². The molecule has 1 aliphatic heterocycles. The van der Waals surface area contributed by atoms with Gasteiger partial charge in [-0.3, -0.25) is 14.9 Å². The number of carbonyl (C=O) groups excluding carboxylic acids is 3. The number of aromatic nitrogens is 2. The highest BCUT2D eigenvalue weighted by molar-refractivity contribution is 7.99. The first kappa shape index (κ1) is 20.6. The number of carbonyl (C=O) groups is 3. The molecule has 0 spiro atoms. The minimum absolute atomic E-state index is 0.0221. The van der Waals surface area contributed by atoms with Crippen LogP contribution in [0.3, 0.4) is 0 Å². The highest BCUT2D eigenvalue weighted by atomic mass is 32.2. The van der Waals surface area contributed by atoms with Crippen molar-refractivity contribution in [3.8, 4) is 0 Å². The number of thioether (sulfide) groups is 1. The van der Waals surface area contributed by atoms with Crippen LogP contribution in [0.2, 0.25) is 0 Å². The van der Waals surface area contributed by atoms with Crippen LogP contribution < -0.4 is 16.0 Å². The summed E-state index contributed by atoms with van der Waals surface area (Å²) in [6.07, 6.45) is 0.0765. The number of hydrogen-bond donors (Lipinski definition) is 3. The van der Waals surface area contributed by atoms with Crippen molar-refractivity contribution in [2.75, 3.05) is 11.1 Å². The van der Waals surface area contributed by atoms with E-state index >= 15 is 0 Å². The molecule has 3 rings (SSSR count). The van der Waals surface area contributed by atoms with Crippen molar-refractivity contribution in [2.24, 2.45) is 5.92 Å². The molecular formula is C16H14F3N5O4S. The van der Waals surface area contributed by atoms with Gasteiger partial charge in [0, 0.05) is 12.5 Å². The van der Waals surface area contributed by atoms with Crippen molar-refractivity contribution in [3.05, 3.63) is 35.5 Å². The number of amides is 4. The van der Waals surface area contributed by atoms with Crippen LogP contribution in [0.5, 0.6) is 0 Å². The Labute approximate surface area is 165 Å². The number of hydrogen-bond acceptors (Lipinski definition) is 7. The van der Waals surface area contributed by atoms with Gasteiger partial charge in [0.1, 0.15) is 0 Å². The fraction of sp³-hybridized carbons (Fsp3) is 0.312. The summed E-state index contributed by atoms with van der Waals surface area (Å²) >= 11 is 0.833. The molecular weight excluding hydrogens is 415 g/mol. The van der Waals surface area contributed by atoms with E-state index in [1.807, 2.05) is 0 Å². The molecule has 1 saturated heterocycles. The predicted molar refractivity (Wildman–Crippen MR) is 93.3 cm³/mol. The quantitative estimate of drug-likeness (QED) is 0.470. The maximum Gasteiger partial charge on any atom is 0.321 e. The van der Waals surface area contributed by atoms with E-state index in [0.717, 1.165) is 17.8 Å². The third kappa shape index (κ3) is 4.85. The number of halogens is 3. The Bertz CT molecular complexity index is 970. The highest BCUT2D eigenvalue weighted by Gasteiger charge is 2.34. The molecule has 2 heterocycles. The Hall–Kier alpha value is -3.09. The molecule has 1 aromatic carbocycles. The molecule has 0 aliphatic carbocycles. The number of nitrogens with one attached hydrogen (secondary N) is 3. The van der Waals surface area contributed by atoms with E-state index in [9.17, 15) is 27.6 Å². The molecule has 4 amide bonds. The van der Waals surface area contributed by atoms with Crippen LogP contribution in [-0.2, 0) is 16.0 Å². The summed E-state index contributed by atoms with van der Waals surface area (Å²) in [7, 11) is 0. The van der Waals surface area contributed by atoms with Gasteiger partial charge in [0.05, 0.1) is 17.4 Å². The second-order valence-electron chi connectivity index (χ2n) is 6.08. The minimum Gasteiger partial charge on any atom is -0.416 e. The van der Waals surface area contributed by atoms with Gasteiger partial charge in [-0.25, -0.2) is 18.0 Å². The topological polar surface area (TPSA) is 126 Å². The molecule has 29 heavy (non-hydrogen) atoms. The Kier molecular flexibility index (Phi) is 6.06. The van der Waals surface area contributed by atoms with Crippen molar-refractivity contribution < 1.29 is 32.0 Å². The number of urea groups is 1. The van der Waals surface area contributed by atoms with Gasteiger partial charge in [0.15, 0.2) is 17.5 Å². The zero-order valence-electron chi connectivity index (χ0n) is 14.8. The molecule has 0 bridgehead atoms. The monoisotopic (exact) mass is 429 g/mol. The van der Waals surface area contributed by atoms with E-state index in [-0.39, 0.29) is 23.3 Å². The lowest BCUT2D eigenvalue weighted by molar-refractivity contribution is -0.125. The Balaban J connectivity index is 1.54. The summed E-state index contributed by atoms with van der Waals surface area (Å²) in [5.41, 5.74) is -0.500. The second-order valence-corrected chi connectivity index (χ2v) is 7.01. The number of imide groups is 1. The summed E-state index contributed by atoms with van der Waals surface area (Å²) in [5.74, 6) is -6.48. The number of benzene rings is 1. The largest absolute Gasteiger partial charge is 0.416 e. The average molecular weight is 429 g/mol. The van der Waals surface area contributed by atoms with Crippen LogP contribution in [0.4, 0.5) is 23.7 Å². The fourth-order valence-corrected chi connectivity index (χ4v) is 3.13. The number of nitrogens with zero attached hydrogens (tertiary/aromatic N) is 2. The van der Waals surface area contributed by atoms with Gasteiger partial charge in [0.2, 0.25) is 17.7 Å². The van der Waals surface area contributed by atoms with E-state index in [1.165, 1.54) is 0 Å². The van der Waals surface area contributed by atoms with Crippen LogP contribution in [0.15, 0.2) is 21.8 Å². The summed E-state index contributed by atoms with van der Waals surface area (Å²) in [4.78, 5) is 35.0. The van der Waals surface area contributed by atoms with E-state index in [2.05, 4.69) is 26.1 Å². The van der Waals surface area contributed by atoms with E-state index in [0.29, 0.717) is 6.07 Å². The first-order valence-corrected chi connectivity index (χ1v) is 9.23. The van der Waals surface area contributed by atoms with Crippen molar-refractivity contribution in [1.82, 2.24) is 20.8 Å². The number of rotatable bonds is 6. The lowest BCUT2D eigenvalue weighted by Crippen LogP contribution is -2.57. The molecule has 2 unspecified atom stereocenters. The van der Waals surface area contributed by atoms with E-state index < -0.39 is 52.9 Å². The predicted octanol–water partition coefficient (Wildman–Crippen LogP) is 1.60. The van der Waals surface area contributed by atoms with Gasteiger partial charge in [0.25, 0.3) is 5.22 Å². The molecule has 1 aliphatic rings. The minimum atomic E-state index is -1.69. The smallest absolute Gasteiger partial charge is 0.321 e. The van der Waals surface area contributed by atoms with Gasteiger partial charge < -0.3 is 15.1 Å². The SMILES string of the molecule is CC1NC(=O)NC(=O)C1Cc1nnc(SCC(=O)Nc2ccc(F)c(F)c2F)o1. The van der Waals surface area contributed by atoms with Gasteiger partial charge >= 0.3 is 6.03 Å². The molecule has 0 radical (unpaired) electrons. The van der Waals surface area contributed by atoms with Crippen LogP contribution in [-0.4, -0.2) is 39.8 Å². The average Bonchev–Trinajstić information content (AvgIpc) is 3.11. The summed E-state index contributed by atoms with van der Waals surface area (Å²) in [6, 6.07) is 0.576. The van der Waals surface area contributed by atoms with E-state index in [1.54, 1.807) is 6.92 Å². The van der Waals surface area contributed by atoms with Gasteiger partial charge in [-0.05, 0) is 19.1 Å². The Morgan fingerprint density at radius 1 is 1.24 bits per heavy atom.